The van der Waals surface area contributed by atoms with Crippen molar-refractivity contribution in [3.8, 4) is 0 Å². The molecule has 0 saturated heterocycles. The number of amides is 2. The molecule has 0 saturated carbocycles. The molecule has 1 aromatic carbocycles. The number of hydrogen-bond donors (Lipinski definition) is 3. The molecule has 3 rings (SSSR count). The van der Waals surface area contributed by atoms with Crippen LogP contribution in [0.1, 0.15) is 40.7 Å². The highest BCUT2D eigenvalue weighted by Crippen LogP contribution is 2.22. The molecule has 0 bridgehead atoms. The second-order valence-corrected chi connectivity index (χ2v) is 7.84. The van der Waals surface area contributed by atoms with E-state index < -0.39 is 5.97 Å². The molecule has 2 aromatic heterocycles. The number of aromatic amines is 1. The number of anilines is 2. The van der Waals surface area contributed by atoms with Crippen molar-refractivity contribution in [2.45, 2.75) is 19.8 Å². The molecule has 0 aliphatic carbocycles. The van der Waals surface area contributed by atoms with Crippen molar-refractivity contribution in [1.29, 1.82) is 0 Å². The van der Waals surface area contributed by atoms with Gasteiger partial charge in [0.05, 0.1) is 12.3 Å². The molecule has 0 spiro atoms. The lowest BCUT2D eigenvalue weighted by molar-refractivity contribution is -0.116. The molecule has 3 N–H and O–H groups in total. The fraction of sp³-hybridized carbons (Fsp3) is 0.348. The Bertz CT molecular complexity index is 1130. The van der Waals surface area contributed by atoms with Crippen LogP contribution in [0.25, 0.3) is 10.9 Å². The van der Waals surface area contributed by atoms with Gasteiger partial charge in [0.1, 0.15) is 11.4 Å². The summed E-state index contributed by atoms with van der Waals surface area (Å²) in [6.45, 7) is 2.87. The van der Waals surface area contributed by atoms with Crippen molar-refractivity contribution >= 4 is 40.1 Å². The summed E-state index contributed by atoms with van der Waals surface area (Å²) in [5.41, 5.74) is 2.62. The second-order valence-electron chi connectivity index (χ2n) is 7.84. The van der Waals surface area contributed by atoms with E-state index in [-0.39, 0.29) is 18.4 Å². The van der Waals surface area contributed by atoms with E-state index in [4.69, 9.17) is 4.74 Å². The summed E-state index contributed by atoms with van der Waals surface area (Å²) in [7, 11) is 5.66. The van der Waals surface area contributed by atoms with Crippen LogP contribution in [0.4, 0.5) is 11.4 Å². The molecule has 2 heterocycles. The monoisotopic (exact) mass is 439 g/mol. The molecule has 0 radical (unpaired) electrons. The summed E-state index contributed by atoms with van der Waals surface area (Å²) < 4.78 is 6.62. The molecular formula is C23H29N5O4. The normalized spacial score (nSPS) is 11.0. The average Bonchev–Trinajstić information content (AvgIpc) is 3.30. The molecule has 32 heavy (non-hydrogen) atoms. The number of carbonyl (C=O) groups is 3. The molecule has 0 aliphatic rings. The summed E-state index contributed by atoms with van der Waals surface area (Å²) >= 11 is 0. The number of rotatable bonds is 9. The number of nitrogens with one attached hydrogen (secondary N) is 3. The topological polar surface area (TPSA) is 108 Å². The van der Waals surface area contributed by atoms with Gasteiger partial charge in [-0.2, -0.15) is 0 Å². The van der Waals surface area contributed by atoms with Gasteiger partial charge in [-0.1, -0.05) is 6.07 Å². The van der Waals surface area contributed by atoms with Crippen molar-refractivity contribution in [1.82, 2.24) is 14.5 Å². The largest absolute Gasteiger partial charge is 0.461 e. The van der Waals surface area contributed by atoms with Gasteiger partial charge >= 0.3 is 5.97 Å². The van der Waals surface area contributed by atoms with Gasteiger partial charge in [-0.25, -0.2) is 4.79 Å². The van der Waals surface area contributed by atoms with Gasteiger partial charge < -0.3 is 29.8 Å². The molecule has 0 unspecified atom stereocenters. The van der Waals surface area contributed by atoms with Crippen LogP contribution in [-0.2, 0) is 16.6 Å². The Hall–Kier alpha value is -3.59. The maximum Gasteiger partial charge on any atom is 0.355 e. The molecule has 2 amide bonds. The van der Waals surface area contributed by atoms with Crippen LogP contribution in [-0.4, -0.2) is 59.5 Å². The molecule has 0 fully saturated rings. The summed E-state index contributed by atoms with van der Waals surface area (Å²) in [5, 5.41) is 6.52. The smallest absolute Gasteiger partial charge is 0.355 e. The Morgan fingerprint density at radius 2 is 1.88 bits per heavy atom. The molecule has 0 atom stereocenters. The van der Waals surface area contributed by atoms with E-state index in [9.17, 15) is 14.4 Å². The molecular weight excluding hydrogens is 410 g/mol. The molecule has 9 nitrogen and oxygen atoms in total. The second kappa shape index (κ2) is 10.1. The lowest BCUT2D eigenvalue weighted by atomic mass is 10.2. The quantitative estimate of drug-likeness (QED) is 0.444. The Morgan fingerprint density at radius 3 is 2.59 bits per heavy atom. The summed E-state index contributed by atoms with van der Waals surface area (Å²) in [5.74, 6) is -0.828. The number of H-pyrrole nitrogens is 1. The number of fused-ring (bicyclic) bond motifs is 1. The van der Waals surface area contributed by atoms with Crippen molar-refractivity contribution < 1.29 is 19.1 Å². The van der Waals surface area contributed by atoms with Crippen LogP contribution in [0.3, 0.4) is 0 Å². The lowest BCUT2D eigenvalue weighted by Crippen LogP contribution is -2.17. The van der Waals surface area contributed by atoms with Gasteiger partial charge in [0.2, 0.25) is 5.91 Å². The number of carbonyl (C=O) groups excluding carboxylic acids is 3. The van der Waals surface area contributed by atoms with Gasteiger partial charge in [0.25, 0.3) is 5.91 Å². The third-order valence-electron chi connectivity index (χ3n) is 4.91. The van der Waals surface area contributed by atoms with Gasteiger partial charge in [0, 0.05) is 36.3 Å². The van der Waals surface area contributed by atoms with Crippen LogP contribution < -0.4 is 10.6 Å². The highest BCUT2D eigenvalue weighted by Gasteiger charge is 2.16. The van der Waals surface area contributed by atoms with E-state index in [0.29, 0.717) is 29.2 Å². The first-order valence-electron chi connectivity index (χ1n) is 10.5. The standard InChI is InChI=1S/C23H29N5O4/c1-5-32-23(31)20-13-17(14-28(20)4)25-22(30)19-11-15-8-9-16(12-18(15)26-19)24-21(29)7-6-10-27(2)3/h8-9,11-14,26H,5-7,10H2,1-4H3,(H,24,29)(H,25,30). The maximum atomic E-state index is 12.7. The first kappa shape index (κ1) is 23.1. The molecule has 9 heteroatoms. The number of esters is 1. The van der Waals surface area contributed by atoms with Crippen molar-refractivity contribution in [3.05, 3.63) is 47.9 Å². The highest BCUT2D eigenvalue weighted by molar-refractivity contribution is 6.07. The minimum absolute atomic E-state index is 0.0443. The lowest BCUT2D eigenvalue weighted by Gasteiger charge is -2.09. The number of nitrogens with zero attached hydrogens (tertiary/aromatic N) is 2. The fourth-order valence-corrected chi connectivity index (χ4v) is 3.35. The van der Waals surface area contributed by atoms with Crippen LogP contribution in [0.5, 0.6) is 0 Å². The van der Waals surface area contributed by atoms with Gasteiger partial charge in [-0.05, 0) is 58.3 Å². The third-order valence-corrected chi connectivity index (χ3v) is 4.91. The molecule has 0 aliphatic heterocycles. The maximum absolute atomic E-state index is 12.7. The summed E-state index contributed by atoms with van der Waals surface area (Å²) in [6, 6.07) is 8.77. The van der Waals surface area contributed by atoms with Gasteiger partial charge in [-0.15, -0.1) is 0 Å². The Labute approximate surface area is 186 Å². The summed E-state index contributed by atoms with van der Waals surface area (Å²) in [6.07, 6.45) is 2.88. The van der Waals surface area contributed by atoms with Crippen molar-refractivity contribution in [3.63, 3.8) is 0 Å². The van der Waals surface area contributed by atoms with E-state index in [1.807, 2.05) is 31.1 Å². The average molecular weight is 440 g/mol. The van der Waals surface area contributed by atoms with E-state index >= 15 is 0 Å². The number of ether oxygens (including phenoxy) is 1. The van der Waals surface area contributed by atoms with Crippen LogP contribution in [0, 0.1) is 0 Å². The Kier molecular flexibility index (Phi) is 7.32. The number of benzene rings is 1. The van der Waals surface area contributed by atoms with Crippen molar-refractivity contribution in [2.24, 2.45) is 7.05 Å². The third kappa shape index (κ3) is 5.76. The Balaban J connectivity index is 1.66. The zero-order chi connectivity index (χ0) is 23.3. The van der Waals surface area contributed by atoms with Crippen LogP contribution in [0.15, 0.2) is 36.5 Å². The first-order valence-corrected chi connectivity index (χ1v) is 10.5. The zero-order valence-electron chi connectivity index (χ0n) is 18.8. The molecule has 3 aromatic rings. The summed E-state index contributed by atoms with van der Waals surface area (Å²) in [4.78, 5) is 41.9. The Morgan fingerprint density at radius 1 is 1.09 bits per heavy atom. The predicted molar refractivity (Wildman–Crippen MR) is 124 cm³/mol. The number of hydrogen-bond acceptors (Lipinski definition) is 5. The number of aromatic nitrogens is 2. The minimum Gasteiger partial charge on any atom is -0.461 e. The van der Waals surface area contributed by atoms with Crippen molar-refractivity contribution in [2.75, 3.05) is 37.9 Å². The van der Waals surface area contributed by atoms with Gasteiger partial charge in [0.15, 0.2) is 0 Å². The van der Waals surface area contributed by atoms with E-state index in [2.05, 4.69) is 15.6 Å². The molecule has 170 valence electrons. The highest BCUT2D eigenvalue weighted by atomic mass is 16.5. The van der Waals surface area contributed by atoms with Gasteiger partial charge in [-0.3, -0.25) is 9.59 Å². The van der Waals surface area contributed by atoms with Crippen LogP contribution >= 0.6 is 0 Å². The minimum atomic E-state index is -0.447. The van der Waals surface area contributed by atoms with E-state index in [0.717, 1.165) is 23.9 Å². The van der Waals surface area contributed by atoms with E-state index in [1.54, 1.807) is 42.9 Å². The van der Waals surface area contributed by atoms with Crippen LogP contribution in [0.2, 0.25) is 0 Å². The zero-order valence-corrected chi connectivity index (χ0v) is 18.8. The fourth-order valence-electron chi connectivity index (χ4n) is 3.35. The SMILES string of the molecule is CCOC(=O)c1cc(NC(=O)c2cc3ccc(NC(=O)CCCN(C)C)cc3[nH]2)cn1C. The van der Waals surface area contributed by atoms with E-state index in [1.165, 1.54) is 0 Å². The number of aryl methyl sites for hydroxylation is 1. The first-order chi connectivity index (χ1) is 15.3. The predicted octanol–water partition coefficient (Wildman–Crippen LogP) is 3.22.